The number of morpholine rings is 1. The van der Waals surface area contributed by atoms with E-state index in [0.29, 0.717) is 44.9 Å². The van der Waals surface area contributed by atoms with E-state index in [-0.39, 0.29) is 17.8 Å². The van der Waals surface area contributed by atoms with Crippen LogP contribution in [0.25, 0.3) is 0 Å². The lowest BCUT2D eigenvalue weighted by Crippen LogP contribution is -2.43. The number of halogens is 1. The zero-order valence-corrected chi connectivity index (χ0v) is 18.4. The minimum atomic E-state index is -0.287. The first-order valence-electron chi connectivity index (χ1n) is 10.9. The van der Waals surface area contributed by atoms with E-state index >= 15 is 0 Å². The summed E-state index contributed by atoms with van der Waals surface area (Å²) in [6.07, 6.45) is 0.767. The molecule has 3 aromatic rings. The lowest BCUT2D eigenvalue weighted by Gasteiger charge is -2.32. The van der Waals surface area contributed by atoms with Crippen LogP contribution in [0.15, 0.2) is 48.5 Å². The van der Waals surface area contributed by atoms with E-state index < -0.39 is 0 Å². The Morgan fingerprint density at radius 3 is 2.78 bits per heavy atom. The van der Waals surface area contributed by atoms with Crippen LogP contribution >= 0.6 is 0 Å². The number of benzene rings is 2. The molecule has 1 aliphatic rings. The summed E-state index contributed by atoms with van der Waals surface area (Å²) in [6, 6.07) is 14.1. The number of aromatic amines is 1. The second-order valence-corrected chi connectivity index (χ2v) is 8.17. The van der Waals surface area contributed by atoms with Crippen molar-refractivity contribution in [1.29, 1.82) is 0 Å². The number of hydrogen-bond acceptors (Lipinski definition) is 4. The van der Waals surface area contributed by atoms with Gasteiger partial charge in [-0.1, -0.05) is 18.2 Å². The summed E-state index contributed by atoms with van der Waals surface area (Å²) < 4.78 is 24.5. The molecule has 1 amide bonds. The van der Waals surface area contributed by atoms with Crippen LogP contribution in [0.3, 0.4) is 0 Å². The van der Waals surface area contributed by atoms with E-state index in [2.05, 4.69) is 36.2 Å². The van der Waals surface area contributed by atoms with Crippen LogP contribution in [0, 0.1) is 19.7 Å². The van der Waals surface area contributed by atoms with E-state index in [9.17, 15) is 9.18 Å². The molecule has 1 saturated heterocycles. The average molecular weight is 438 g/mol. The Balaban J connectivity index is 1.30. The van der Waals surface area contributed by atoms with Crippen molar-refractivity contribution in [1.82, 2.24) is 15.1 Å². The van der Waals surface area contributed by atoms with Gasteiger partial charge >= 0.3 is 0 Å². The summed E-state index contributed by atoms with van der Waals surface area (Å²) in [7, 11) is 0. The van der Waals surface area contributed by atoms with Crippen LogP contribution in [0.2, 0.25) is 0 Å². The fourth-order valence-electron chi connectivity index (χ4n) is 3.74. The number of nitrogens with zero attached hydrogens (tertiary/aromatic N) is 2. The largest absolute Gasteiger partial charge is 0.493 e. The van der Waals surface area contributed by atoms with E-state index in [1.807, 2.05) is 17.0 Å². The number of aryl methyl sites for hydroxylation is 2. The number of ether oxygens (including phenoxy) is 2. The van der Waals surface area contributed by atoms with Crippen LogP contribution in [-0.2, 0) is 22.4 Å². The predicted molar refractivity (Wildman–Crippen MR) is 119 cm³/mol. The first kappa shape index (κ1) is 22.0. The van der Waals surface area contributed by atoms with Gasteiger partial charge in [0.2, 0.25) is 5.91 Å². The maximum atomic E-state index is 13.0. The second-order valence-electron chi connectivity index (χ2n) is 8.17. The number of amides is 1. The lowest BCUT2D eigenvalue weighted by molar-refractivity contribution is -0.138. The summed E-state index contributed by atoms with van der Waals surface area (Å²) in [5, 5.41) is 7.40. The van der Waals surface area contributed by atoms with Gasteiger partial charge < -0.3 is 14.4 Å². The van der Waals surface area contributed by atoms with Crippen molar-refractivity contribution in [2.45, 2.75) is 32.8 Å². The average Bonchev–Trinajstić information content (AvgIpc) is 3.27. The van der Waals surface area contributed by atoms with Gasteiger partial charge in [-0.15, -0.1) is 0 Å². The third-order valence-electron chi connectivity index (χ3n) is 5.78. The minimum Gasteiger partial charge on any atom is -0.493 e. The SMILES string of the molecule is Cc1ccc(CC(=O)N2CCO[C@@H](c3cc(CCOc4ccc(F)cc4)[nH]n3)C2)cc1C. The molecular weight excluding hydrogens is 409 g/mol. The zero-order valence-electron chi connectivity index (χ0n) is 18.4. The molecule has 0 aliphatic carbocycles. The Hall–Kier alpha value is -3.19. The van der Waals surface area contributed by atoms with Gasteiger partial charge in [0.1, 0.15) is 17.7 Å². The van der Waals surface area contributed by atoms with E-state index in [4.69, 9.17) is 9.47 Å². The third-order valence-corrected chi connectivity index (χ3v) is 5.78. The lowest BCUT2D eigenvalue weighted by atomic mass is 10.0. The number of aromatic nitrogens is 2. The second kappa shape index (κ2) is 9.96. The highest BCUT2D eigenvalue weighted by atomic mass is 19.1. The predicted octanol–water partition coefficient (Wildman–Crippen LogP) is 3.93. The molecule has 32 heavy (non-hydrogen) atoms. The molecule has 2 aromatic carbocycles. The van der Waals surface area contributed by atoms with Crippen LogP contribution in [0.1, 0.15) is 34.2 Å². The number of hydrogen-bond donors (Lipinski definition) is 1. The molecule has 0 saturated carbocycles. The molecule has 7 heteroatoms. The van der Waals surface area contributed by atoms with Gasteiger partial charge in [-0.05, 0) is 60.9 Å². The molecule has 1 atom stereocenters. The van der Waals surface area contributed by atoms with Crippen molar-refractivity contribution in [2.75, 3.05) is 26.3 Å². The van der Waals surface area contributed by atoms with Crippen molar-refractivity contribution >= 4 is 5.91 Å². The summed E-state index contributed by atoms with van der Waals surface area (Å²) >= 11 is 0. The van der Waals surface area contributed by atoms with Gasteiger partial charge in [0.25, 0.3) is 0 Å². The molecule has 6 nitrogen and oxygen atoms in total. The number of carbonyl (C=O) groups is 1. The highest BCUT2D eigenvalue weighted by molar-refractivity contribution is 5.79. The number of rotatable bonds is 7. The van der Waals surface area contributed by atoms with Gasteiger partial charge in [0.05, 0.1) is 31.9 Å². The Labute approximate surface area is 187 Å². The monoisotopic (exact) mass is 437 g/mol. The van der Waals surface area contributed by atoms with Crippen molar-refractivity contribution in [3.05, 3.63) is 82.4 Å². The molecule has 1 aromatic heterocycles. The molecular formula is C25H28FN3O3. The van der Waals surface area contributed by atoms with Crippen LogP contribution < -0.4 is 4.74 Å². The molecule has 0 unspecified atom stereocenters. The molecule has 168 valence electrons. The van der Waals surface area contributed by atoms with Crippen molar-refractivity contribution in [3.8, 4) is 5.75 Å². The first-order chi connectivity index (χ1) is 15.5. The fourth-order valence-corrected chi connectivity index (χ4v) is 3.74. The number of H-pyrrole nitrogens is 1. The highest BCUT2D eigenvalue weighted by Crippen LogP contribution is 2.22. The van der Waals surface area contributed by atoms with Gasteiger partial charge in [0, 0.05) is 18.7 Å². The Bertz CT molecular complexity index is 1060. The number of carbonyl (C=O) groups excluding carboxylic acids is 1. The van der Waals surface area contributed by atoms with Crippen LogP contribution in [0.5, 0.6) is 5.75 Å². The smallest absolute Gasteiger partial charge is 0.227 e. The molecule has 1 N–H and O–H groups in total. The zero-order chi connectivity index (χ0) is 22.5. The molecule has 0 spiro atoms. The molecule has 4 rings (SSSR count). The molecule has 0 bridgehead atoms. The van der Waals surface area contributed by atoms with Crippen LogP contribution in [0.4, 0.5) is 4.39 Å². The Morgan fingerprint density at radius 2 is 2.00 bits per heavy atom. The quantitative estimate of drug-likeness (QED) is 0.608. The molecule has 2 heterocycles. The van der Waals surface area contributed by atoms with Gasteiger partial charge in [-0.2, -0.15) is 5.10 Å². The van der Waals surface area contributed by atoms with E-state index in [0.717, 1.165) is 17.0 Å². The Morgan fingerprint density at radius 1 is 1.19 bits per heavy atom. The normalized spacial score (nSPS) is 16.2. The van der Waals surface area contributed by atoms with Crippen molar-refractivity contribution in [2.24, 2.45) is 0 Å². The van der Waals surface area contributed by atoms with Gasteiger partial charge in [0.15, 0.2) is 0 Å². The maximum Gasteiger partial charge on any atom is 0.227 e. The fraction of sp³-hybridized carbons (Fsp3) is 0.360. The first-order valence-corrected chi connectivity index (χ1v) is 10.9. The topological polar surface area (TPSA) is 67.5 Å². The van der Waals surface area contributed by atoms with Crippen LogP contribution in [-0.4, -0.2) is 47.3 Å². The maximum absolute atomic E-state index is 13.0. The van der Waals surface area contributed by atoms with Gasteiger partial charge in [-0.3, -0.25) is 9.89 Å². The minimum absolute atomic E-state index is 0.102. The summed E-state index contributed by atoms with van der Waals surface area (Å²) in [5.41, 5.74) is 5.16. The molecule has 0 radical (unpaired) electrons. The van der Waals surface area contributed by atoms with E-state index in [1.54, 1.807) is 12.1 Å². The van der Waals surface area contributed by atoms with Gasteiger partial charge in [-0.25, -0.2) is 4.39 Å². The summed E-state index contributed by atoms with van der Waals surface area (Å²) in [6.45, 7) is 6.14. The Kier molecular flexibility index (Phi) is 6.85. The van der Waals surface area contributed by atoms with E-state index in [1.165, 1.54) is 23.3 Å². The standard InChI is InChI=1S/C25H28FN3O3/c1-17-3-4-19(13-18(17)2)14-25(30)29-10-12-32-24(16-29)23-15-21(27-28-23)9-11-31-22-7-5-20(26)6-8-22/h3-8,13,15,24H,9-12,14,16H2,1-2H3,(H,27,28)/t24-/m1/s1. The molecule has 1 fully saturated rings. The summed E-state index contributed by atoms with van der Waals surface area (Å²) in [4.78, 5) is 14.7. The third kappa shape index (κ3) is 5.53. The highest BCUT2D eigenvalue weighted by Gasteiger charge is 2.27. The summed E-state index contributed by atoms with van der Waals surface area (Å²) in [5.74, 6) is 0.439. The molecule has 1 aliphatic heterocycles. The van der Waals surface area contributed by atoms with Crippen molar-refractivity contribution in [3.63, 3.8) is 0 Å². The van der Waals surface area contributed by atoms with Crippen molar-refractivity contribution < 1.29 is 18.7 Å². The number of nitrogens with one attached hydrogen (secondary N) is 1.